The van der Waals surface area contributed by atoms with E-state index in [0.717, 1.165) is 25.2 Å². The lowest BCUT2D eigenvalue weighted by Crippen LogP contribution is -2.44. The van der Waals surface area contributed by atoms with Crippen LogP contribution in [0.4, 0.5) is 0 Å². The number of fused-ring (bicyclic) bond motifs is 2. The van der Waals surface area contributed by atoms with E-state index in [1.807, 2.05) is 19.5 Å². The van der Waals surface area contributed by atoms with Crippen LogP contribution in [0.3, 0.4) is 0 Å². The van der Waals surface area contributed by atoms with E-state index in [1.54, 1.807) is 0 Å². The molecule has 2 nitrogen and oxygen atoms in total. The zero-order valence-corrected chi connectivity index (χ0v) is 12.1. The molecule has 2 atom stereocenters. The Balaban J connectivity index is 2.11. The molecule has 0 aromatic carbocycles. The second-order valence-corrected chi connectivity index (χ2v) is 8.25. The molecule has 0 amide bonds. The SMILES string of the molecule is C=C[Si](CC12C=CC(CC1)C2)(OCC)OCC. The second-order valence-electron chi connectivity index (χ2n) is 5.28. The lowest BCUT2D eigenvalue weighted by atomic mass is 9.90. The van der Waals surface area contributed by atoms with Crippen LogP contribution in [-0.4, -0.2) is 21.8 Å². The van der Waals surface area contributed by atoms with Gasteiger partial charge < -0.3 is 8.85 Å². The summed E-state index contributed by atoms with van der Waals surface area (Å²) in [5, 5.41) is 0. The monoisotopic (exact) mass is 252 g/mol. The maximum absolute atomic E-state index is 5.99. The third-order valence-electron chi connectivity index (χ3n) is 4.09. The van der Waals surface area contributed by atoms with Gasteiger partial charge in [0.1, 0.15) is 0 Å². The van der Waals surface area contributed by atoms with Gasteiger partial charge in [0.2, 0.25) is 0 Å². The normalized spacial score (nSPS) is 31.1. The molecule has 2 aliphatic rings. The lowest BCUT2D eigenvalue weighted by Gasteiger charge is -2.34. The predicted octanol–water partition coefficient (Wildman–Crippen LogP) is 3.58. The number of hydrogen-bond acceptors (Lipinski definition) is 2. The Kier molecular flexibility index (Phi) is 3.91. The van der Waals surface area contributed by atoms with Gasteiger partial charge in [0, 0.05) is 19.3 Å². The highest BCUT2D eigenvalue weighted by Crippen LogP contribution is 2.53. The Morgan fingerprint density at radius 1 is 1.41 bits per heavy atom. The van der Waals surface area contributed by atoms with Gasteiger partial charge in [-0.15, -0.1) is 6.58 Å². The van der Waals surface area contributed by atoms with Gasteiger partial charge in [-0.2, -0.15) is 0 Å². The molecule has 0 radical (unpaired) electrons. The van der Waals surface area contributed by atoms with E-state index in [2.05, 4.69) is 18.7 Å². The first-order valence-corrected chi connectivity index (χ1v) is 8.88. The average Bonchev–Trinajstić information content (AvgIpc) is 2.89. The van der Waals surface area contributed by atoms with Crippen molar-refractivity contribution in [3.63, 3.8) is 0 Å². The van der Waals surface area contributed by atoms with Gasteiger partial charge in [-0.05, 0) is 50.1 Å². The van der Waals surface area contributed by atoms with E-state index in [0.29, 0.717) is 5.41 Å². The zero-order chi connectivity index (χ0) is 12.4. The number of allylic oxidation sites excluding steroid dienone is 2. The fourth-order valence-electron chi connectivity index (χ4n) is 3.39. The van der Waals surface area contributed by atoms with Crippen molar-refractivity contribution in [2.45, 2.75) is 39.2 Å². The van der Waals surface area contributed by atoms with Crippen molar-refractivity contribution in [3.05, 3.63) is 24.4 Å². The maximum atomic E-state index is 5.99. The first-order valence-electron chi connectivity index (χ1n) is 6.78. The molecule has 3 heteroatoms. The second kappa shape index (κ2) is 5.08. The van der Waals surface area contributed by atoms with Crippen LogP contribution in [0.15, 0.2) is 24.4 Å². The van der Waals surface area contributed by atoms with E-state index in [4.69, 9.17) is 8.85 Å². The van der Waals surface area contributed by atoms with Crippen molar-refractivity contribution in [1.29, 1.82) is 0 Å². The molecular formula is C14H24O2Si. The first kappa shape index (κ1) is 13.1. The van der Waals surface area contributed by atoms with Crippen molar-refractivity contribution in [2.75, 3.05) is 13.2 Å². The summed E-state index contributed by atoms with van der Waals surface area (Å²) in [6.07, 6.45) is 8.76. The molecule has 2 rings (SSSR count). The molecule has 1 fully saturated rings. The lowest BCUT2D eigenvalue weighted by molar-refractivity contribution is 0.182. The van der Waals surface area contributed by atoms with Crippen molar-refractivity contribution in [2.24, 2.45) is 11.3 Å². The van der Waals surface area contributed by atoms with E-state index in [1.165, 1.54) is 19.3 Å². The summed E-state index contributed by atoms with van der Waals surface area (Å²) in [6.45, 7) is 9.52. The molecule has 0 aromatic rings. The fraction of sp³-hybridized carbons (Fsp3) is 0.714. The van der Waals surface area contributed by atoms with Crippen LogP contribution in [-0.2, 0) is 8.85 Å². The molecule has 2 aliphatic carbocycles. The van der Waals surface area contributed by atoms with Gasteiger partial charge in [-0.1, -0.05) is 12.2 Å². The summed E-state index contributed by atoms with van der Waals surface area (Å²) in [5.74, 6) is 0.815. The standard InChI is InChI=1S/C14H24O2Si/c1-4-15-17(6-3,16-5-2)12-14-9-7-13(11-14)8-10-14/h6-7,9,13H,3-5,8,10-12H2,1-2H3. The highest BCUT2D eigenvalue weighted by atomic mass is 28.4. The van der Waals surface area contributed by atoms with Gasteiger partial charge in [0.05, 0.1) is 0 Å². The highest BCUT2D eigenvalue weighted by Gasteiger charge is 2.48. The molecule has 0 aliphatic heterocycles. The molecule has 0 aromatic heterocycles. The Labute approximate surface area is 106 Å². The van der Waals surface area contributed by atoms with Gasteiger partial charge in [0.25, 0.3) is 0 Å². The van der Waals surface area contributed by atoms with Gasteiger partial charge in [-0.25, -0.2) is 0 Å². The van der Waals surface area contributed by atoms with Crippen LogP contribution in [0.25, 0.3) is 0 Å². The quantitative estimate of drug-likeness (QED) is 0.509. The van der Waals surface area contributed by atoms with E-state index >= 15 is 0 Å². The van der Waals surface area contributed by atoms with Crippen LogP contribution >= 0.6 is 0 Å². The smallest absolute Gasteiger partial charge is 0.365 e. The predicted molar refractivity (Wildman–Crippen MR) is 72.9 cm³/mol. The van der Waals surface area contributed by atoms with E-state index in [9.17, 15) is 0 Å². The van der Waals surface area contributed by atoms with E-state index < -0.39 is 8.56 Å². The van der Waals surface area contributed by atoms with Crippen LogP contribution in [0.1, 0.15) is 33.1 Å². The molecule has 2 unspecified atom stereocenters. The molecule has 0 saturated heterocycles. The van der Waals surface area contributed by atoms with Crippen LogP contribution in [0, 0.1) is 11.3 Å². The molecule has 96 valence electrons. The topological polar surface area (TPSA) is 18.5 Å². The largest absolute Gasteiger partial charge is 0.392 e. The van der Waals surface area contributed by atoms with Crippen molar-refractivity contribution >= 4 is 8.56 Å². The van der Waals surface area contributed by atoms with Crippen LogP contribution < -0.4 is 0 Å². The Bertz CT molecular complexity index is 307. The zero-order valence-electron chi connectivity index (χ0n) is 11.1. The van der Waals surface area contributed by atoms with Crippen LogP contribution in [0.5, 0.6) is 0 Å². The molecular weight excluding hydrogens is 228 g/mol. The molecule has 2 bridgehead atoms. The van der Waals surface area contributed by atoms with Gasteiger partial charge in [0.15, 0.2) is 0 Å². The third-order valence-corrected chi connectivity index (χ3v) is 7.46. The van der Waals surface area contributed by atoms with Gasteiger partial charge in [-0.3, -0.25) is 0 Å². The fourth-order valence-corrected chi connectivity index (χ4v) is 6.45. The third kappa shape index (κ3) is 2.56. The number of hydrogen-bond donors (Lipinski definition) is 0. The average molecular weight is 252 g/mol. The highest BCUT2D eigenvalue weighted by molar-refractivity contribution is 6.72. The summed E-state index contributed by atoms with van der Waals surface area (Å²) in [7, 11) is -2.19. The summed E-state index contributed by atoms with van der Waals surface area (Å²) < 4.78 is 12.0. The molecule has 1 saturated carbocycles. The summed E-state index contributed by atoms with van der Waals surface area (Å²) in [5.41, 5.74) is 2.34. The summed E-state index contributed by atoms with van der Waals surface area (Å²) in [6, 6.07) is 1.05. The Morgan fingerprint density at radius 3 is 2.47 bits per heavy atom. The Morgan fingerprint density at radius 2 is 2.12 bits per heavy atom. The number of rotatable bonds is 7. The minimum absolute atomic E-state index is 0.357. The molecule has 0 N–H and O–H groups in total. The molecule has 0 spiro atoms. The van der Waals surface area contributed by atoms with E-state index in [-0.39, 0.29) is 0 Å². The minimum Gasteiger partial charge on any atom is -0.392 e. The van der Waals surface area contributed by atoms with Crippen molar-refractivity contribution in [1.82, 2.24) is 0 Å². The first-order chi connectivity index (χ1) is 8.17. The maximum Gasteiger partial charge on any atom is 0.365 e. The Hall–Kier alpha value is -0.383. The molecule has 0 heterocycles. The minimum atomic E-state index is -2.19. The summed E-state index contributed by atoms with van der Waals surface area (Å²) >= 11 is 0. The van der Waals surface area contributed by atoms with Crippen molar-refractivity contribution in [3.8, 4) is 0 Å². The summed E-state index contributed by atoms with van der Waals surface area (Å²) in [4.78, 5) is 0. The van der Waals surface area contributed by atoms with Crippen LogP contribution in [0.2, 0.25) is 6.04 Å². The molecule has 17 heavy (non-hydrogen) atoms. The van der Waals surface area contributed by atoms with Gasteiger partial charge >= 0.3 is 8.56 Å². The van der Waals surface area contributed by atoms with Crippen molar-refractivity contribution < 1.29 is 8.85 Å².